The van der Waals surface area contributed by atoms with Crippen molar-refractivity contribution in [3.63, 3.8) is 0 Å². The Morgan fingerprint density at radius 3 is 1.84 bits per heavy atom. The Kier molecular flexibility index (Phi) is 19.8. The fourth-order valence-electron chi connectivity index (χ4n) is 4.04. The third-order valence-electron chi connectivity index (χ3n) is 6.51. The lowest BCUT2D eigenvalue weighted by molar-refractivity contribution is -0.870. The molecule has 0 fully saturated rings. The number of ether oxygens (including phenoxy) is 1. The molecule has 1 rings (SSSR count). The van der Waals surface area contributed by atoms with Crippen LogP contribution in [0.2, 0.25) is 0 Å². The first kappa shape index (κ1) is 34.9. The van der Waals surface area contributed by atoms with E-state index in [1.165, 1.54) is 83.5 Å². The highest BCUT2D eigenvalue weighted by Gasteiger charge is 2.22. The molecule has 0 saturated heterocycles. The average Bonchev–Trinajstić information content (AvgIpc) is 2.86. The van der Waals surface area contributed by atoms with E-state index < -0.39 is 7.82 Å². The molecule has 0 aliphatic rings. The van der Waals surface area contributed by atoms with Crippen LogP contribution in [0.4, 0.5) is 0 Å². The predicted octanol–water partition coefficient (Wildman–Crippen LogP) is 8.49. The number of unbranched alkanes of at least 4 members (excludes halogenated alkanes) is 12. The van der Waals surface area contributed by atoms with Crippen molar-refractivity contribution < 1.29 is 27.7 Å². The summed E-state index contributed by atoms with van der Waals surface area (Å²) < 4.78 is 28.6. The van der Waals surface area contributed by atoms with E-state index in [1.807, 2.05) is 45.4 Å². The van der Waals surface area contributed by atoms with Crippen LogP contribution < -0.4 is 4.74 Å². The molecule has 1 aromatic rings. The van der Waals surface area contributed by atoms with Crippen molar-refractivity contribution in [2.24, 2.45) is 0 Å². The van der Waals surface area contributed by atoms with Gasteiger partial charge in [-0.05, 0) is 56.2 Å². The molecule has 0 radical (unpaired) electrons. The number of quaternary nitrogens is 1. The van der Waals surface area contributed by atoms with Gasteiger partial charge in [-0.3, -0.25) is 9.05 Å². The highest BCUT2D eigenvalue weighted by atomic mass is 31.2. The minimum atomic E-state index is -4.01. The van der Waals surface area contributed by atoms with E-state index in [9.17, 15) is 9.46 Å². The molecule has 7 heteroatoms. The topological polar surface area (TPSA) is 65.0 Å². The molecule has 0 aliphatic carbocycles. The molecule has 0 amide bonds. The van der Waals surface area contributed by atoms with Crippen molar-refractivity contribution in [1.29, 1.82) is 0 Å². The lowest BCUT2D eigenvalue weighted by Crippen LogP contribution is -2.37. The Morgan fingerprint density at radius 2 is 1.26 bits per heavy atom. The van der Waals surface area contributed by atoms with Crippen LogP contribution in [0.25, 0.3) is 0 Å². The molecule has 0 bridgehead atoms. The molecule has 6 nitrogen and oxygen atoms in total. The van der Waals surface area contributed by atoms with Crippen LogP contribution in [0.5, 0.6) is 5.75 Å². The van der Waals surface area contributed by atoms with Gasteiger partial charge in [0.05, 0.1) is 34.4 Å². The Morgan fingerprint density at radius 1 is 0.737 bits per heavy atom. The first-order valence-electron chi connectivity index (χ1n) is 15.0. The number of hydrogen-bond acceptors (Lipinski definition) is 4. The summed E-state index contributed by atoms with van der Waals surface area (Å²) in [6.45, 7) is 3.95. The molecule has 1 aromatic carbocycles. The first-order chi connectivity index (χ1) is 18.2. The van der Waals surface area contributed by atoms with Gasteiger partial charge in [0, 0.05) is 0 Å². The largest absolute Gasteiger partial charge is 0.494 e. The minimum Gasteiger partial charge on any atom is -0.494 e. The van der Waals surface area contributed by atoms with E-state index in [0.717, 1.165) is 24.3 Å². The molecule has 38 heavy (non-hydrogen) atoms. The zero-order valence-corrected chi connectivity index (χ0v) is 25.8. The van der Waals surface area contributed by atoms with Gasteiger partial charge in [-0.1, -0.05) is 89.0 Å². The summed E-state index contributed by atoms with van der Waals surface area (Å²) in [5, 5.41) is 0. The molecular weight excluding hydrogens is 497 g/mol. The maximum absolute atomic E-state index is 12.0. The fraction of sp³-hybridized carbons (Fsp3) is 0.742. The first-order valence-corrected chi connectivity index (χ1v) is 16.5. The van der Waals surface area contributed by atoms with Crippen LogP contribution in [-0.2, 0) is 20.0 Å². The predicted molar refractivity (Wildman–Crippen MR) is 160 cm³/mol. The van der Waals surface area contributed by atoms with E-state index in [4.69, 9.17) is 13.8 Å². The number of phosphoric ester groups is 1. The van der Waals surface area contributed by atoms with Crippen LogP contribution in [0, 0.1) is 0 Å². The smallest absolute Gasteiger partial charge is 0.472 e. The number of nitrogens with zero attached hydrogens (tertiary/aromatic N) is 1. The monoisotopic (exact) mass is 554 g/mol. The Balaban J connectivity index is 1.98. The normalized spacial score (nSPS) is 13.7. The number of phosphoric acid groups is 1. The standard InChI is InChI=1S/C31H56NO5P/c1-5-6-7-8-9-10-11-12-13-14-15-16-17-18-19-20-27-35-31-23-21-30(22-24-31)25-28-36-38(33,34)37-29-26-32(2,3)4/h12-13,21-24H,5-11,14-20,25-29H2,1-4H3/p+1/b13-12-. The number of hydrogen-bond donors (Lipinski definition) is 1. The van der Waals surface area contributed by atoms with Crippen LogP contribution in [0.1, 0.15) is 102 Å². The van der Waals surface area contributed by atoms with E-state index in [0.29, 0.717) is 17.4 Å². The van der Waals surface area contributed by atoms with Crippen molar-refractivity contribution in [1.82, 2.24) is 0 Å². The van der Waals surface area contributed by atoms with Crippen LogP contribution in [0.15, 0.2) is 36.4 Å². The van der Waals surface area contributed by atoms with E-state index in [2.05, 4.69) is 19.1 Å². The van der Waals surface area contributed by atoms with Crippen molar-refractivity contribution in [2.45, 2.75) is 103 Å². The second kappa shape index (κ2) is 21.6. The molecule has 0 spiro atoms. The molecule has 1 N–H and O–H groups in total. The summed E-state index contributed by atoms with van der Waals surface area (Å²) in [5.41, 5.74) is 1.03. The Hall–Kier alpha value is -1.17. The Labute approximate surface area is 234 Å². The van der Waals surface area contributed by atoms with Gasteiger partial charge in [0.1, 0.15) is 18.9 Å². The minimum absolute atomic E-state index is 0.133. The fourth-order valence-corrected chi connectivity index (χ4v) is 4.75. The van der Waals surface area contributed by atoms with Gasteiger partial charge in [0.2, 0.25) is 0 Å². The highest BCUT2D eigenvalue weighted by Crippen LogP contribution is 2.43. The van der Waals surface area contributed by atoms with E-state index in [1.54, 1.807) is 0 Å². The summed E-state index contributed by atoms with van der Waals surface area (Å²) in [7, 11) is 1.99. The Bertz CT molecular complexity index is 761. The summed E-state index contributed by atoms with van der Waals surface area (Å²) in [4.78, 5) is 9.79. The molecule has 0 aromatic heterocycles. The van der Waals surface area contributed by atoms with Gasteiger partial charge in [0.15, 0.2) is 0 Å². The van der Waals surface area contributed by atoms with Crippen molar-refractivity contribution in [3.8, 4) is 5.75 Å². The number of benzene rings is 1. The zero-order valence-electron chi connectivity index (χ0n) is 24.9. The van der Waals surface area contributed by atoms with Crippen molar-refractivity contribution >= 4 is 7.82 Å². The number of likely N-dealkylation sites (N-methyl/N-ethyl adjacent to an activating group) is 1. The molecular formula is C31H57NO5P+. The van der Waals surface area contributed by atoms with Crippen molar-refractivity contribution in [2.75, 3.05) is 47.5 Å². The molecule has 1 atom stereocenters. The van der Waals surface area contributed by atoms with Crippen LogP contribution >= 0.6 is 7.82 Å². The second-order valence-corrected chi connectivity index (χ2v) is 12.8. The van der Waals surface area contributed by atoms with Gasteiger partial charge in [-0.15, -0.1) is 0 Å². The number of allylic oxidation sites excluding steroid dienone is 2. The third kappa shape index (κ3) is 21.7. The van der Waals surface area contributed by atoms with Gasteiger partial charge in [0.25, 0.3) is 0 Å². The van der Waals surface area contributed by atoms with E-state index in [-0.39, 0.29) is 13.2 Å². The quantitative estimate of drug-likeness (QED) is 0.0568. The SMILES string of the molecule is CCCCCCCC/C=C\CCCCCCCCOc1ccc(CCOP(=O)(O)OCC[N+](C)(C)C)cc1. The molecule has 0 aliphatic heterocycles. The number of rotatable bonds is 25. The lowest BCUT2D eigenvalue weighted by Gasteiger charge is -2.24. The summed E-state index contributed by atoms with van der Waals surface area (Å²) in [6.07, 6.45) is 23.6. The maximum atomic E-state index is 12.0. The zero-order chi connectivity index (χ0) is 28.0. The lowest BCUT2D eigenvalue weighted by atomic mass is 10.1. The van der Waals surface area contributed by atoms with Gasteiger partial charge < -0.3 is 14.1 Å². The van der Waals surface area contributed by atoms with Gasteiger partial charge in [-0.2, -0.15) is 0 Å². The van der Waals surface area contributed by atoms with E-state index >= 15 is 0 Å². The molecule has 220 valence electrons. The second-order valence-electron chi connectivity index (χ2n) is 11.3. The average molecular weight is 555 g/mol. The van der Waals surface area contributed by atoms with Crippen molar-refractivity contribution in [3.05, 3.63) is 42.0 Å². The van der Waals surface area contributed by atoms with Gasteiger partial charge in [-0.25, -0.2) is 4.57 Å². The third-order valence-corrected chi connectivity index (χ3v) is 7.53. The molecule has 0 saturated carbocycles. The molecule has 1 unspecified atom stereocenters. The van der Waals surface area contributed by atoms with Crippen LogP contribution in [0.3, 0.4) is 0 Å². The summed E-state index contributed by atoms with van der Waals surface area (Å²) in [6, 6.07) is 7.85. The van der Waals surface area contributed by atoms with Gasteiger partial charge >= 0.3 is 7.82 Å². The highest BCUT2D eigenvalue weighted by molar-refractivity contribution is 7.47. The summed E-state index contributed by atoms with van der Waals surface area (Å²) in [5.74, 6) is 0.860. The maximum Gasteiger partial charge on any atom is 0.472 e. The van der Waals surface area contributed by atoms with Crippen LogP contribution in [-0.4, -0.2) is 56.9 Å². The molecule has 0 heterocycles. The summed E-state index contributed by atoms with van der Waals surface area (Å²) >= 11 is 0.